The third-order valence-corrected chi connectivity index (χ3v) is 14.9. The lowest BCUT2D eigenvalue weighted by atomic mass is 9.91. The van der Waals surface area contributed by atoms with Gasteiger partial charge in [0.15, 0.2) is 10.8 Å². The van der Waals surface area contributed by atoms with Gasteiger partial charge in [-0.1, -0.05) is 29.5 Å². The molecule has 1 unspecified atom stereocenters. The second kappa shape index (κ2) is 20.0. The van der Waals surface area contributed by atoms with Crippen LogP contribution in [0.5, 0.6) is 5.75 Å². The zero-order valence-corrected chi connectivity index (χ0v) is 40.6. The van der Waals surface area contributed by atoms with Crippen molar-refractivity contribution >= 4 is 78.7 Å². The fourth-order valence-electron chi connectivity index (χ4n) is 10.1. The molecule has 2 saturated heterocycles. The number of thiazole rings is 1. The number of amides is 4. The number of fused-ring (bicyclic) bond motifs is 3. The summed E-state index contributed by atoms with van der Waals surface area (Å²) < 4.78 is 9.06. The summed E-state index contributed by atoms with van der Waals surface area (Å²) in [6, 6.07) is 24.6. The van der Waals surface area contributed by atoms with Crippen LogP contribution in [0.3, 0.4) is 0 Å². The average molecular weight is 975 g/mol. The van der Waals surface area contributed by atoms with Crippen molar-refractivity contribution in [2.75, 3.05) is 41.7 Å². The highest BCUT2D eigenvalue weighted by molar-refractivity contribution is 7.22. The first-order valence-electron chi connectivity index (χ1n) is 24.1. The van der Waals surface area contributed by atoms with Crippen LogP contribution >= 0.6 is 11.3 Å². The molecule has 3 aromatic carbocycles. The lowest BCUT2D eigenvalue weighted by molar-refractivity contribution is -0.134. The number of imide groups is 1. The number of hydrogen-bond donors (Lipinski definition) is 4. The monoisotopic (exact) mass is 974 g/mol. The van der Waals surface area contributed by atoms with Crippen LogP contribution in [0.15, 0.2) is 85.1 Å². The fraction of sp³-hybridized carbons (Fsp3) is 0.340. The van der Waals surface area contributed by atoms with Crippen LogP contribution in [0.2, 0.25) is 0 Å². The lowest BCUT2D eigenvalue weighted by Gasteiger charge is -2.32. The van der Waals surface area contributed by atoms with Gasteiger partial charge < -0.3 is 20.1 Å². The number of para-hydroxylation sites is 1. The van der Waals surface area contributed by atoms with E-state index in [2.05, 4.69) is 47.8 Å². The Labute approximate surface area is 413 Å². The van der Waals surface area contributed by atoms with E-state index in [1.54, 1.807) is 24.0 Å². The number of aryl methyl sites for hydroxylation is 2. The number of aromatic nitrogens is 5. The second-order valence-electron chi connectivity index (χ2n) is 18.8. The normalized spacial score (nSPS) is 16.9. The van der Waals surface area contributed by atoms with E-state index in [0.717, 1.165) is 82.1 Å². The maximum absolute atomic E-state index is 13.6. The Morgan fingerprint density at radius 3 is 2.52 bits per heavy atom. The minimum Gasteiger partial charge on any atom is -0.491 e. The molecule has 3 aliphatic rings. The van der Waals surface area contributed by atoms with Gasteiger partial charge in [0, 0.05) is 55.0 Å². The van der Waals surface area contributed by atoms with Crippen molar-refractivity contribution in [2.24, 2.45) is 13.0 Å². The molecule has 4 aromatic heterocycles. The number of likely N-dealkylation sites (tertiary alicyclic amines) is 1. The summed E-state index contributed by atoms with van der Waals surface area (Å²) in [5.74, 6) is -0.932. The Morgan fingerprint density at radius 1 is 0.915 bits per heavy atom. The number of hydrogen-bond acceptors (Lipinski definition) is 13. The highest BCUT2D eigenvalue weighted by Crippen LogP contribution is 2.35. The molecule has 18 heteroatoms. The highest BCUT2D eigenvalue weighted by Gasteiger charge is 2.32. The number of carbonyl (C=O) groups is 5. The fourth-order valence-corrected chi connectivity index (χ4v) is 11.0. The topological polar surface area (TPSA) is 214 Å². The molecule has 0 aliphatic carbocycles. The van der Waals surface area contributed by atoms with Crippen molar-refractivity contribution in [3.63, 3.8) is 0 Å². The van der Waals surface area contributed by atoms with E-state index in [4.69, 9.17) is 4.74 Å². The predicted octanol–water partition coefficient (Wildman–Crippen LogP) is 7.88. The number of carboxylic acids is 1. The minimum atomic E-state index is -1.14. The Morgan fingerprint density at radius 2 is 1.73 bits per heavy atom. The molecule has 4 N–H and O–H groups in total. The van der Waals surface area contributed by atoms with Gasteiger partial charge in [-0.3, -0.25) is 44.4 Å². The van der Waals surface area contributed by atoms with Crippen LogP contribution in [-0.2, 0) is 34.4 Å². The Hall–Kier alpha value is -7.57. The largest absolute Gasteiger partial charge is 0.491 e. The molecule has 364 valence electrons. The van der Waals surface area contributed by atoms with Gasteiger partial charge in [-0.2, -0.15) is 5.10 Å². The van der Waals surface area contributed by atoms with Gasteiger partial charge >= 0.3 is 5.97 Å². The van der Waals surface area contributed by atoms with E-state index in [1.807, 2.05) is 84.6 Å². The SMILES string of the molecule is Cc1cc(O[C@@H](C)CCC2CCN(CC(=O)Nc3ccc4c(C5CCC(=O)NC5=O)nn(C)c4c3)CC2)ccc1-c1ccc(N2CCc3ccnc(C(=O)Nc4nc5ccccc5s4)c3C2)nc1C(=O)O. The number of carboxylic acid groups (broad SMARTS) is 1. The Kier molecular flexibility index (Phi) is 13.3. The first kappa shape index (κ1) is 47.1. The molecule has 71 heavy (non-hydrogen) atoms. The molecule has 0 saturated carbocycles. The summed E-state index contributed by atoms with van der Waals surface area (Å²) in [6.07, 6.45) is 6.78. The second-order valence-corrected chi connectivity index (χ2v) is 19.8. The van der Waals surface area contributed by atoms with Crippen molar-refractivity contribution in [3.8, 4) is 16.9 Å². The number of piperidine rings is 2. The maximum Gasteiger partial charge on any atom is 0.355 e. The summed E-state index contributed by atoms with van der Waals surface area (Å²) in [4.78, 5) is 81.5. The zero-order valence-electron chi connectivity index (χ0n) is 39.7. The van der Waals surface area contributed by atoms with Gasteiger partial charge in [0.2, 0.25) is 17.7 Å². The van der Waals surface area contributed by atoms with Crippen molar-refractivity contribution in [2.45, 2.75) is 77.4 Å². The molecule has 7 heterocycles. The summed E-state index contributed by atoms with van der Waals surface area (Å²) >= 11 is 1.40. The summed E-state index contributed by atoms with van der Waals surface area (Å²) in [5, 5.41) is 24.7. The number of benzene rings is 3. The molecular formula is C53H54N10O7S. The van der Waals surface area contributed by atoms with Crippen molar-refractivity contribution in [1.82, 2.24) is 34.9 Å². The van der Waals surface area contributed by atoms with Crippen LogP contribution in [0.4, 0.5) is 16.6 Å². The molecule has 0 bridgehead atoms. The summed E-state index contributed by atoms with van der Waals surface area (Å²) in [7, 11) is 1.81. The first-order valence-corrected chi connectivity index (χ1v) is 24.9. The summed E-state index contributed by atoms with van der Waals surface area (Å²) in [5.41, 5.74) is 7.04. The Balaban J connectivity index is 0.704. The number of nitrogens with one attached hydrogen (secondary N) is 3. The molecule has 2 atom stereocenters. The molecule has 10 rings (SSSR count). The van der Waals surface area contributed by atoms with Crippen LogP contribution in [-0.4, -0.2) is 96.6 Å². The predicted molar refractivity (Wildman–Crippen MR) is 271 cm³/mol. The average Bonchev–Trinajstić information content (AvgIpc) is 3.92. The molecular weight excluding hydrogens is 921 g/mol. The molecule has 2 fully saturated rings. The minimum absolute atomic E-state index is 0.0413. The van der Waals surface area contributed by atoms with Crippen LogP contribution in [0, 0.1) is 12.8 Å². The molecule has 4 amide bonds. The first-order chi connectivity index (χ1) is 34.3. The molecule has 7 aromatic rings. The van der Waals surface area contributed by atoms with Crippen LogP contribution in [0.25, 0.3) is 32.2 Å². The van der Waals surface area contributed by atoms with E-state index in [-0.39, 0.29) is 41.8 Å². The zero-order chi connectivity index (χ0) is 49.3. The molecule has 0 radical (unpaired) electrons. The van der Waals surface area contributed by atoms with E-state index >= 15 is 0 Å². The number of pyridine rings is 2. The standard InChI is InChI=1S/C53H54N10O7S/c1-30-26-35(70-31(2)8-9-32-19-23-62(24-20-32)29-46(65)55-34-10-12-38-42(27-34)61(3)60-47(38)39-15-17-45(64)58-50(39)66)11-13-36(30)37-14-16-44(57-49(37)52(68)69)63-25-21-33-18-22-54-48(40(33)28-63)51(67)59-53-56-41-6-4-5-7-43(41)71-53/h4-7,10-14,16,18,22,26-27,31-32,39H,8-9,15,17,19-21,23-25,28-29H2,1-3H3,(H,55,65)(H,68,69)(H,56,59,67)(H,58,64,66)/t31-,39?/m0/s1. The smallest absolute Gasteiger partial charge is 0.355 e. The van der Waals surface area contributed by atoms with E-state index in [9.17, 15) is 29.1 Å². The van der Waals surface area contributed by atoms with E-state index < -0.39 is 11.9 Å². The van der Waals surface area contributed by atoms with Crippen LogP contribution < -0.4 is 25.6 Å². The number of rotatable bonds is 14. The maximum atomic E-state index is 13.6. The molecule has 17 nitrogen and oxygen atoms in total. The summed E-state index contributed by atoms with van der Waals surface area (Å²) in [6.45, 7) is 6.89. The van der Waals surface area contributed by atoms with Gasteiger partial charge in [0.05, 0.1) is 40.0 Å². The lowest BCUT2D eigenvalue weighted by Crippen LogP contribution is -2.39. The third kappa shape index (κ3) is 10.2. The van der Waals surface area contributed by atoms with E-state index in [0.29, 0.717) is 77.7 Å². The highest BCUT2D eigenvalue weighted by atomic mass is 32.1. The number of ether oxygens (including phenoxy) is 1. The quantitative estimate of drug-likeness (QED) is 0.0765. The number of anilines is 3. The number of nitrogens with zero attached hydrogens (tertiary/aromatic N) is 7. The van der Waals surface area contributed by atoms with Gasteiger partial charge in [-0.05, 0) is 149 Å². The Bertz CT molecular complexity index is 3200. The van der Waals surface area contributed by atoms with Gasteiger partial charge in [-0.15, -0.1) is 0 Å². The number of aromatic carboxylic acids is 1. The molecule has 3 aliphatic heterocycles. The third-order valence-electron chi connectivity index (χ3n) is 13.9. The number of carbonyl (C=O) groups excluding carboxylic acids is 4. The van der Waals surface area contributed by atoms with E-state index in [1.165, 1.54) is 11.3 Å². The van der Waals surface area contributed by atoms with Crippen molar-refractivity contribution < 1.29 is 33.8 Å². The van der Waals surface area contributed by atoms with Crippen molar-refractivity contribution in [3.05, 3.63) is 119 Å². The van der Waals surface area contributed by atoms with Gasteiger partial charge in [-0.25, -0.2) is 14.8 Å². The molecule has 0 spiro atoms. The van der Waals surface area contributed by atoms with Crippen molar-refractivity contribution in [1.29, 1.82) is 0 Å². The van der Waals surface area contributed by atoms with Gasteiger partial charge in [0.25, 0.3) is 5.91 Å². The van der Waals surface area contributed by atoms with Gasteiger partial charge in [0.1, 0.15) is 17.3 Å². The van der Waals surface area contributed by atoms with Crippen LogP contribution in [0.1, 0.15) is 94.7 Å².